The quantitative estimate of drug-likeness (QED) is 0.799. The van der Waals surface area contributed by atoms with Crippen LogP contribution in [0.4, 0.5) is 0 Å². The van der Waals surface area contributed by atoms with Crippen LogP contribution in [0.25, 0.3) is 0 Å². The summed E-state index contributed by atoms with van der Waals surface area (Å²) in [5.41, 5.74) is 1.94. The average Bonchev–Trinajstić information content (AvgIpc) is 2.46. The summed E-state index contributed by atoms with van der Waals surface area (Å²) in [6.07, 6.45) is 9.37. The molecule has 1 saturated carbocycles. The first-order chi connectivity index (χ1) is 9.20. The number of benzene rings is 1. The lowest BCUT2D eigenvalue weighted by Gasteiger charge is -2.29. The molecule has 0 bridgehead atoms. The summed E-state index contributed by atoms with van der Waals surface area (Å²) in [6, 6.07) is 7.80. The van der Waals surface area contributed by atoms with Gasteiger partial charge in [-0.1, -0.05) is 50.5 Å². The van der Waals surface area contributed by atoms with E-state index in [1.54, 1.807) is 0 Å². The zero-order chi connectivity index (χ0) is 13.7. The molecule has 1 aliphatic carbocycles. The van der Waals surface area contributed by atoms with Gasteiger partial charge in [-0.25, -0.2) is 0 Å². The molecule has 0 spiro atoms. The maximum absolute atomic E-state index is 9.10. The van der Waals surface area contributed by atoms with Crippen LogP contribution < -0.4 is 5.46 Å². The Morgan fingerprint density at radius 2 is 1.68 bits per heavy atom. The van der Waals surface area contributed by atoms with Crippen molar-refractivity contribution in [3.63, 3.8) is 0 Å². The summed E-state index contributed by atoms with van der Waals surface area (Å²) >= 11 is 0. The third-order valence-electron chi connectivity index (χ3n) is 4.52. The maximum Gasteiger partial charge on any atom is 0.488 e. The standard InChI is InChI=1S/C16H25BO2/c1-2-3-4-13-5-7-14(8-6-13)15-9-11-16(12-10-15)17(18)19/h9-14,18-19H,2-8H2,1H3. The molecule has 0 aromatic heterocycles. The van der Waals surface area contributed by atoms with Gasteiger partial charge in [-0.3, -0.25) is 0 Å². The van der Waals surface area contributed by atoms with Gasteiger partial charge in [0.25, 0.3) is 0 Å². The number of hydrogen-bond donors (Lipinski definition) is 2. The van der Waals surface area contributed by atoms with E-state index in [1.165, 1.54) is 50.5 Å². The van der Waals surface area contributed by atoms with Gasteiger partial charge >= 0.3 is 7.12 Å². The minimum Gasteiger partial charge on any atom is -0.423 e. The van der Waals surface area contributed by atoms with E-state index in [1.807, 2.05) is 12.1 Å². The fourth-order valence-electron chi connectivity index (χ4n) is 3.22. The summed E-state index contributed by atoms with van der Waals surface area (Å²) in [4.78, 5) is 0. The van der Waals surface area contributed by atoms with Crippen LogP contribution >= 0.6 is 0 Å². The summed E-state index contributed by atoms with van der Waals surface area (Å²) in [5, 5.41) is 18.2. The molecule has 0 heterocycles. The second-order valence-electron chi connectivity index (χ2n) is 5.90. The third kappa shape index (κ3) is 4.08. The molecule has 3 heteroatoms. The highest BCUT2D eigenvalue weighted by Crippen LogP contribution is 2.37. The van der Waals surface area contributed by atoms with Crippen molar-refractivity contribution in [3.05, 3.63) is 29.8 Å². The van der Waals surface area contributed by atoms with Crippen molar-refractivity contribution in [2.45, 2.75) is 57.8 Å². The highest BCUT2D eigenvalue weighted by molar-refractivity contribution is 6.58. The second-order valence-corrected chi connectivity index (χ2v) is 5.90. The number of hydrogen-bond acceptors (Lipinski definition) is 2. The summed E-state index contributed by atoms with van der Waals surface area (Å²) in [5.74, 6) is 1.61. The molecule has 0 radical (unpaired) electrons. The molecular formula is C16H25BO2. The van der Waals surface area contributed by atoms with Crippen LogP contribution in [-0.2, 0) is 0 Å². The van der Waals surface area contributed by atoms with E-state index in [0.717, 1.165) is 5.92 Å². The monoisotopic (exact) mass is 260 g/mol. The first-order valence-corrected chi connectivity index (χ1v) is 7.66. The van der Waals surface area contributed by atoms with Crippen LogP contribution in [0, 0.1) is 5.92 Å². The van der Waals surface area contributed by atoms with Gasteiger partial charge in [0.05, 0.1) is 0 Å². The largest absolute Gasteiger partial charge is 0.488 e. The molecule has 1 aromatic carbocycles. The molecule has 0 saturated heterocycles. The highest BCUT2D eigenvalue weighted by Gasteiger charge is 2.22. The van der Waals surface area contributed by atoms with Gasteiger partial charge in [-0.15, -0.1) is 0 Å². The van der Waals surface area contributed by atoms with Gasteiger partial charge in [-0.05, 0) is 48.5 Å². The van der Waals surface area contributed by atoms with Crippen LogP contribution in [0.5, 0.6) is 0 Å². The molecule has 1 aromatic rings. The molecule has 2 rings (SSSR count). The Bertz CT molecular complexity index is 367. The van der Waals surface area contributed by atoms with Crippen molar-refractivity contribution >= 4 is 12.6 Å². The lowest BCUT2D eigenvalue weighted by Crippen LogP contribution is -2.29. The smallest absolute Gasteiger partial charge is 0.423 e. The van der Waals surface area contributed by atoms with E-state index in [-0.39, 0.29) is 0 Å². The molecule has 0 unspecified atom stereocenters. The lowest BCUT2D eigenvalue weighted by molar-refractivity contribution is 0.304. The van der Waals surface area contributed by atoms with Crippen LogP contribution in [0.15, 0.2) is 24.3 Å². The van der Waals surface area contributed by atoms with E-state index in [2.05, 4.69) is 19.1 Å². The molecule has 2 N–H and O–H groups in total. The van der Waals surface area contributed by atoms with E-state index in [9.17, 15) is 0 Å². The van der Waals surface area contributed by atoms with Crippen LogP contribution in [-0.4, -0.2) is 17.2 Å². The minimum absolute atomic E-state index is 0.584. The molecule has 0 atom stereocenters. The normalized spacial score (nSPS) is 23.3. The fourth-order valence-corrected chi connectivity index (χ4v) is 3.22. The van der Waals surface area contributed by atoms with Gasteiger partial charge < -0.3 is 10.0 Å². The van der Waals surface area contributed by atoms with Gasteiger partial charge in [0.2, 0.25) is 0 Å². The first kappa shape index (κ1) is 14.6. The Kier molecular flexibility index (Phi) is 5.47. The van der Waals surface area contributed by atoms with Crippen molar-refractivity contribution in [3.8, 4) is 0 Å². The zero-order valence-electron chi connectivity index (χ0n) is 11.9. The topological polar surface area (TPSA) is 40.5 Å². The zero-order valence-corrected chi connectivity index (χ0v) is 11.9. The average molecular weight is 260 g/mol. The van der Waals surface area contributed by atoms with E-state index in [0.29, 0.717) is 11.4 Å². The Labute approximate surface area is 117 Å². The second kappa shape index (κ2) is 7.11. The minimum atomic E-state index is -1.35. The van der Waals surface area contributed by atoms with Crippen molar-refractivity contribution in [2.24, 2.45) is 5.92 Å². The highest BCUT2D eigenvalue weighted by atomic mass is 16.4. The van der Waals surface area contributed by atoms with Crippen LogP contribution in [0.2, 0.25) is 0 Å². The van der Waals surface area contributed by atoms with Gasteiger partial charge in [0.15, 0.2) is 0 Å². The Hall–Kier alpha value is -0.795. The van der Waals surface area contributed by atoms with Crippen molar-refractivity contribution in [1.29, 1.82) is 0 Å². The molecule has 2 nitrogen and oxygen atoms in total. The summed E-state index contributed by atoms with van der Waals surface area (Å²) in [6.45, 7) is 2.27. The molecule has 1 aliphatic rings. The molecule has 19 heavy (non-hydrogen) atoms. The molecule has 1 fully saturated rings. The predicted octanol–water partition coefficient (Wildman–Crippen LogP) is 2.83. The van der Waals surface area contributed by atoms with Crippen molar-refractivity contribution in [2.75, 3.05) is 0 Å². The lowest BCUT2D eigenvalue weighted by atomic mass is 9.75. The third-order valence-corrected chi connectivity index (χ3v) is 4.52. The van der Waals surface area contributed by atoms with Gasteiger partial charge in [0, 0.05) is 0 Å². The Morgan fingerprint density at radius 3 is 2.21 bits per heavy atom. The van der Waals surface area contributed by atoms with E-state index < -0.39 is 7.12 Å². The van der Waals surface area contributed by atoms with Gasteiger partial charge in [0.1, 0.15) is 0 Å². The maximum atomic E-state index is 9.10. The van der Waals surface area contributed by atoms with E-state index >= 15 is 0 Å². The fraction of sp³-hybridized carbons (Fsp3) is 0.625. The van der Waals surface area contributed by atoms with Crippen molar-refractivity contribution < 1.29 is 10.0 Å². The Balaban J connectivity index is 1.87. The SMILES string of the molecule is CCCCC1CCC(c2ccc(B(O)O)cc2)CC1. The van der Waals surface area contributed by atoms with Crippen LogP contribution in [0.1, 0.15) is 63.4 Å². The Morgan fingerprint density at radius 1 is 1.05 bits per heavy atom. The number of unbranched alkanes of at least 4 members (excludes halogenated alkanes) is 1. The first-order valence-electron chi connectivity index (χ1n) is 7.66. The molecule has 0 amide bonds. The summed E-state index contributed by atoms with van der Waals surface area (Å²) in [7, 11) is -1.35. The van der Waals surface area contributed by atoms with Crippen molar-refractivity contribution in [1.82, 2.24) is 0 Å². The molecule has 104 valence electrons. The predicted molar refractivity (Wildman–Crippen MR) is 80.5 cm³/mol. The number of rotatable bonds is 5. The molecular weight excluding hydrogens is 235 g/mol. The van der Waals surface area contributed by atoms with Gasteiger partial charge in [-0.2, -0.15) is 0 Å². The summed E-state index contributed by atoms with van der Waals surface area (Å²) < 4.78 is 0. The van der Waals surface area contributed by atoms with E-state index in [4.69, 9.17) is 10.0 Å². The molecule has 0 aliphatic heterocycles. The van der Waals surface area contributed by atoms with Crippen LogP contribution in [0.3, 0.4) is 0 Å².